The number of rotatable bonds is 5. The highest BCUT2D eigenvalue weighted by Crippen LogP contribution is 2.20. The molecule has 1 aliphatic rings. The molecule has 0 spiro atoms. The maximum atomic E-state index is 10.2. The number of aliphatic hydroxyl groups is 1. The summed E-state index contributed by atoms with van der Waals surface area (Å²) in [4.78, 5) is 0. The molecule has 1 aromatic rings. The summed E-state index contributed by atoms with van der Waals surface area (Å²) in [6, 6.07) is 8.93. The van der Waals surface area contributed by atoms with E-state index in [0.29, 0.717) is 18.5 Å². The summed E-state index contributed by atoms with van der Waals surface area (Å²) in [6.07, 6.45) is 2.14. The third-order valence-electron chi connectivity index (χ3n) is 3.75. The van der Waals surface area contributed by atoms with Crippen molar-refractivity contribution in [2.45, 2.75) is 44.8 Å². The highest BCUT2D eigenvalue weighted by molar-refractivity contribution is 7.99. The van der Waals surface area contributed by atoms with Crippen LogP contribution in [-0.2, 0) is 0 Å². The Balaban J connectivity index is 1.83. The second-order valence-electron chi connectivity index (χ2n) is 5.66. The van der Waals surface area contributed by atoms with Gasteiger partial charge in [-0.2, -0.15) is 11.8 Å². The van der Waals surface area contributed by atoms with Crippen molar-refractivity contribution in [3.05, 3.63) is 35.4 Å². The molecular formula is C16H25NOS. The Bertz CT molecular complexity index is 371. The van der Waals surface area contributed by atoms with E-state index < -0.39 is 6.10 Å². The largest absolute Gasteiger partial charge is 0.387 e. The molecule has 2 nitrogen and oxygen atoms in total. The molecule has 2 atom stereocenters. The molecule has 2 rings (SSSR count). The van der Waals surface area contributed by atoms with E-state index in [4.69, 9.17) is 0 Å². The Morgan fingerprint density at radius 1 is 1.26 bits per heavy atom. The maximum absolute atomic E-state index is 10.2. The zero-order chi connectivity index (χ0) is 13.7. The molecule has 3 heteroatoms. The fourth-order valence-electron chi connectivity index (χ4n) is 2.40. The maximum Gasteiger partial charge on any atom is 0.0914 e. The first-order valence-corrected chi connectivity index (χ1v) is 8.41. The lowest BCUT2D eigenvalue weighted by Gasteiger charge is -2.24. The summed E-state index contributed by atoms with van der Waals surface area (Å²) in [6.45, 7) is 5.04. The molecule has 0 bridgehead atoms. The molecule has 106 valence electrons. The zero-order valence-corrected chi connectivity index (χ0v) is 12.7. The Kier molecular flexibility index (Phi) is 5.74. The number of thioether (sulfide) groups is 1. The van der Waals surface area contributed by atoms with Crippen molar-refractivity contribution < 1.29 is 5.11 Å². The van der Waals surface area contributed by atoms with Gasteiger partial charge in [-0.25, -0.2) is 0 Å². The van der Waals surface area contributed by atoms with E-state index >= 15 is 0 Å². The van der Waals surface area contributed by atoms with Gasteiger partial charge in [0, 0.05) is 18.3 Å². The highest BCUT2D eigenvalue weighted by atomic mass is 32.2. The number of nitrogens with one attached hydrogen (secondary N) is 1. The number of hydrogen-bond donors (Lipinski definition) is 2. The lowest BCUT2D eigenvalue weighted by molar-refractivity contribution is 0.170. The van der Waals surface area contributed by atoms with Crippen molar-refractivity contribution >= 4 is 11.8 Å². The third-order valence-corrected chi connectivity index (χ3v) is 4.96. The van der Waals surface area contributed by atoms with Crippen LogP contribution in [0.5, 0.6) is 0 Å². The van der Waals surface area contributed by atoms with E-state index in [-0.39, 0.29) is 0 Å². The van der Waals surface area contributed by atoms with Crippen LogP contribution < -0.4 is 5.32 Å². The molecule has 19 heavy (non-hydrogen) atoms. The molecule has 0 aromatic heterocycles. The molecule has 0 amide bonds. The predicted octanol–water partition coefficient (Wildman–Crippen LogP) is 3.33. The van der Waals surface area contributed by atoms with Crippen molar-refractivity contribution in [1.82, 2.24) is 5.32 Å². The van der Waals surface area contributed by atoms with Gasteiger partial charge < -0.3 is 10.4 Å². The molecule has 1 fully saturated rings. The molecule has 1 saturated heterocycles. The van der Waals surface area contributed by atoms with Crippen LogP contribution in [0.1, 0.15) is 49.8 Å². The van der Waals surface area contributed by atoms with Gasteiger partial charge in [0.2, 0.25) is 0 Å². The van der Waals surface area contributed by atoms with Crippen LogP contribution in [-0.4, -0.2) is 29.2 Å². The van der Waals surface area contributed by atoms with Crippen LogP contribution in [0.15, 0.2) is 24.3 Å². The second-order valence-corrected chi connectivity index (χ2v) is 6.81. The average molecular weight is 279 g/mol. The molecule has 0 saturated carbocycles. The fourth-order valence-corrected chi connectivity index (χ4v) is 3.51. The average Bonchev–Trinajstić information content (AvgIpc) is 2.46. The van der Waals surface area contributed by atoms with Gasteiger partial charge in [-0.05, 0) is 35.6 Å². The lowest BCUT2D eigenvalue weighted by atomic mass is 10.00. The first-order valence-electron chi connectivity index (χ1n) is 7.26. The van der Waals surface area contributed by atoms with Crippen LogP contribution in [0.3, 0.4) is 0 Å². The van der Waals surface area contributed by atoms with Crippen molar-refractivity contribution in [2.24, 2.45) is 0 Å². The SMILES string of the molecule is CC(C)c1ccc(C(O)CNC2CCCSC2)cc1. The van der Waals surface area contributed by atoms with Crippen molar-refractivity contribution in [1.29, 1.82) is 0 Å². The summed E-state index contributed by atoms with van der Waals surface area (Å²) < 4.78 is 0. The van der Waals surface area contributed by atoms with E-state index in [0.717, 1.165) is 5.56 Å². The molecule has 1 aromatic carbocycles. The minimum atomic E-state index is -0.395. The summed E-state index contributed by atoms with van der Waals surface area (Å²) in [5, 5.41) is 13.7. The molecule has 0 radical (unpaired) electrons. The quantitative estimate of drug-likeness (QED) is 0.867. The molecule has 1 aliphatic heterocycles. The summed E-state index contributed by atoms with van der Waals surface area (Å²) >= 11 is 2.01. The molecule has 1 heterocycles. The Morgan fingerprint density at radius 3 is 2.53 bits per heavy atom. The standard InChI is InChI=1S/C16H25NOS/c1-12(2)13-5-7-14(8-6-13)16(18)10-17-15-4-3-9-19-11-15/h5-8,12,15-18H,3-4,9-11H2,1-2H3. The Labute approximate surface area is 121 Å². The minimum absolute atomic E-state index is 0.395. The molecule has 2 unspecified atom stereocenters. The monoisotopic (exact) mass is 279 g/mol. The van der Waals surface area contributed by atoms with Gasteiger partial charge in [0.05, 0.1) is 6.10 Å². The van der Waals surface area contributed by atoms with E-state index in [1.54, 1.807) is 0 Å². The molecule has 0 aliphatic carbocycles. The Hall–Kier alpha value is -0.510. The number of benzene rings is 1. The summed E-state index contributed by atoms with van der Waals surface area (Å²) in [5.74, 6) is 3.01. The van der Waals surface area contributed by atoms with E-state index in [2.05, 4.69) is 43.4 Å². The number of hydrogen-bond acceptors (Lipinski definition) is 3. The third kappa shape index (κ3) is 4.51. The van der Waals surface area contributed by atoms with E-state index in [9.17, 15) is 5.11 Å². The Morgan fingerprint density at radius 2 is 1.95 bits per heavy atom. The lowest BCUT2D eigenvalue weighted by Crippen LogP contribution is -2.36. The first-order chi connectivity index (χ1) is 9.16. The van der Waals surface area contributed by atoms with Gasteiger partial charge in [-0.1, -0.05) is 38.1 Å². The summed E-state index contributed by atoms with van der Waals surface area (Å²) in [7, 11) is 0. The van der Waals surface area contributed by atoms with Gasteiger partial charge in [0.15, 0.2) is 0 Å². The van der Waals surface area contributed by atoms with Gasteiger partial charge >= 0.3 is 0 Å². The highest BCUT2D eigenvalue weighted by Gasteiger charge is 2.15. The van der Waals surface area contributed by atoms with Crippen molar-refractivity contribution in [3.8, 4) is 0 Å². The van der Waals surface area contributed by atoms with Crippen LogP contribution in [0.25, 0.3) is 0 Å². The van der Waals surface area contributed by atoms with Gasteiger partial charge in [-0.15, -0.1) is 0 Å². The minimum Gasteiger partial charge on any atom is -0.387 e. The van der Waals surface area contributed by atoms with Crippen LogP contribution in [0.4, 0.5) is 0 Å². The van der Waals surface area contributed by atoms with Crippen LogP contribution >= 0.6 is 11.8 Å². The second kappa shape index (κ2) is 7.32. The van der Waals surface area contributed by atoms with Crippen molar-refractivity contribution in [3.63, 3.8) is 0 Å². The van der Waals surface area contributed by atoms with E-state index in [1.807, 2.05) is 11.8 Å². The van der Waals surface area contributed by atoms with Gasteiger partial charge in [-0.3, -0.25) is 0 Å². The summed E-state index contributed by atoms with van der Waals surface area (Å²) in [5.41, 5.74) is 2.34. The predicted molar refractivity (Wildman–Crippen MR) is 83.8 cm³/mol. The number of aliphatic hydroxyl groups excluding tert-OH is 1. The van der Waals surface area contributed by atoms with Crippen molar-refractivity contribution in [2.75, 3.05) is 18.1 Å². The van der Waals surface area contributed by atoms with E-state index in [1.165, 1.54) is 29.9 Å². The van der Waals surface area contributed by atoms with Crippen LogP contribution in [0.2, 0.25) is 0 Å². The van der Waals surface area contributed by atoms with Gasteiger partial charge in [0.25, 0.3) is 0 Å². The molecule has 2 N–H and O–H groups in total. The fraction of sp³-hybridized carbons (Fsp3) is 0.625. The smallest absolute Gasteiger partial charge is 0.0914 e. The van der Waals surface area contributed by atoms with Crippen LogP contribution in [0, 0.1) is 0 Å². The first kappa shape index (κ1) is 14.9. The topological polar surface area (TPSA) is 32.3 Å². The van der Waals surface area contributed by atoms with Gasteiger partial charge in [0.1, 0.15) is 0 Å². The zero-order valence-electron chi connectivity index (χ0n) is 11.9. The normalized spacial score (nSPS) is 21.6. The molecular weight excluding hydrogens is 254 g/mol.